The minimum Gasteiger partial charge on any atom is -0.325 e. The lowest BCUT2D eigenvalue weighted by Gasteiger charge is -2.36. The summed E-state index contributed by atoms with van der Waals surface area (Å²) in [5.41, 5.74) is 2.09. The zero-order chi connectivity index (χ0) is 17.5. The van der Waals surface area contributed by atoms with Crippen LogP contribution in [0.25, 0.3) is 0 Å². The summed E-state index contributed by atoms with van der Waals surface area (Å²) < 4.78 is 0. The molecular weight excluding hydrogens is 368 g/mol. The normalized spacial score (nSPS) is 17.3. The largest absolute Gasteiger partial charge is 0.325 e. The Morgan fingerprint density at radius 1 is 1.35 bits per heavy atom. The fourth-order valence-electron chi connectivity index (χ4n) is 3.12. The molecule has 1 unspecified atom stereocenters. The van der Waals surface area contributed by atoms with Crippen LogP contribution in [-0.4, -0.2) is 48.2 Å². The average Bonchev–Trinajstić information content (AvgIpc) is 2.68. The quantitative estimate of drug-likeness (QED) is 0.739. The van der Waals surface area contributed by atoms with E-state index in [-0.39, 0.29) is 24.4 Å². The zero-order valence-electron chi connectivity index (χ0n) is 14.9. The number of amides is 1. The van der Waals surface area contributed by atoms with Crippen molar-refractivity contribution in [3.8, 4) is 0 Å². The lowest BCUT2D eigenvalue weighted by atomic mass is 10.1. The first-order chi connectivity index (χ1) is 12.3. The SMILES string of the molecule is CSc1ccccc1NC(=O)CCN1CCNCC1c1cccnc1.Cl. The third kappa shape index (κ3) is 5.45. The van der Waals surface area contributed by atoms with Crippen LogP contribution < -0.4 is 10.6 Å². The number of hydrogen-bond donors (Lipinski definition) is 2. The van der Waals surface area contributed by atoms with Crippen LogP contribution in [-0.2, 0) is 4.79 Å². The molecule has 5 nitrogen and oxygen atoms in total. The van der Waals surface area contributed by atoms with Gasteiger partial charge in [-0.15, -0.1) is 24.2 Å². The van der Waals surface area contributed by atoms with Gasteiger partial charge in [-0.2, -0.15) is 0 Å². The number of rotatable bonds is 6. The van der Waals surface area contributed by atoms with Crippen molar-refractivity contribution in [1.29, 1.82) is 0 Å². The molecule has 0 radical (unpaired) electrons. The second-order valence-electron chi connectivity index (χ2n) is 6.04. The van der Waals surface area contributed by atoms with Crippen molar-refractivity contribution >= 4 is 35.8 Å². The molecule has 7 heteroatoms. The van der Waals surface area contributed by atoms with E-state index in [0.29, 0.717) is 6.42 Å². The summed E-state index contributed by atoms with van der Waals surface area (Å²) in [6.07, 6.45) is 6.21. The lowest BCUT2D eigenvalue weighted by molar-refractivity contribution is -0.116. The summed E-state index contributed by atoms with van der Waals surface area (Å²) in [6.45, 7) is 3.53. The molecule has 2 heterocycles. The van der Waals surface area contributed by atoms with Crippen LogP contribution >= 0.6 is 24.2 Å². The van der Waals surface area contributed by atoms with Crippen molar-refractivity contribution in [2.75, 3.05) is 37.8 Å². The van der Waals surface area contributed by atoms with E-state index in [9.17, 15) is 4.79 Å². The Bertz CT molecular complexity index is 701. The Hall–Kier alpha value is -1.60. The number of halogens is 1. The molecule has 2 aromatic rings. The van der Waals surface area contributed by atoms with Gasteiger partial charge in [0.2, 0.25) is 5.91 Å². The number of anilines is 1. The van der Waals surface area contributed by atoms with E-state index in [1.165, 1.54) is 5.56 Å². The first-order valence-electron chi connectivity index (χ1n) is 8.55. The fraction of sp³-hybridized carbons (Fsp3) is 0.368. The summed E-state index contributed by atoms with van der Waals surface area (Å²) in [4.78, 5) is 20.1. The minimum absolute atomic E-state index is 0. The van der Waals surface area contributed by atoms with Crippen molar-refractivity contribution in [3.05, 3.63) is 54.4 Å². The van der Waals surface area contributed by atoms with E-state index in [0.717, 1.165) is 36.8 Å². The van der Waals surface area contributed by atoms with E-state index < -0.39 is 0 Å². The van der Waals surface area contributed by atoms with Crippen LogP contribution in [0.2, 0.25) is 0 Å². The Kier molecular flexibility index (Phi) is 8.38. The Morgan fingerprint density at radius 2 is 2.19 bits per heavy atom. The molecule has 1 atom stereocenters. The van der Waals surface area contributed by atoms with E-state index in [1.807, 2.05) is 42.8 Å². The molecule has 3 rings (SSSR count). The molecule has 1 aromatic carbocycles. The van der Waals surface area contributed by atoms with Crippen LogP contribution in [0.4, 0.5) is 5.69 Å². The number of carbonyl (C=O) groups excluding carboxylic acids is 1. The number of benzene rings is 1. The molecule has 2 N–H and O–H groups in total. The second-order valence-corrected chi connectivity index (χ2v) is 6.89. The topological polar surface area (TPSA) is 57.3 Å². The molecule has 1 aliphatic rings. The third-order valence-electron chi connectivity index (χ3n) is 4.43. The molecular formula is C19H25ClN4OS. The van der Waals surface area contributed by atoms with Gasteiger partial charge < -0.3 is 10.6 Å². The number of piperazine rings is 1. The second kappa shape index (κ2) is 10.5. The van der Waals surface area contributed by atoms with Gasteiger partial charge in [0.05, 0.1) is 5.69 Å². The van der Waals surface area contributed by atoms with Crippen molar-refractivity contribution in [2.45, 2.75) is 17.4 Å². The summed E-state index contributed by atoms with van der Waals surface area (Å²) in [5.74, 6) is 0.0602. The maximum absolute atomic E-state index is 12.4. The van der Waals surface area contributed by atoms with Gasteiger partial charge in [-0.3, -0.25) is 14.7 Å². The van der Waals surface area contributed by atoms with Crippen molar-refractivity contribution < 1.29 is 4.79 Å². The Balaban J connectivity index is 0.00000243. The van der Waals surface area contributed by atoms with Crippen LogP contribution in [0.1, 0.15) is 18.0 Å². The van der Waals surface area contributed by atoms with Crippen LogP contribution in [0.3, 0.4) is 0 Å². The number of para-hydroxylation sites is 1. The summed E-state index contributed by atoms with van der Waals surface area (Å²) in [5, 5.41) is 6.47. The number of aromatic nitrogens is 1. The first kappa shape index (κ1) is 20.7. The highest BCUT2D eigenvalue weighted by Gasteiger charge is 2.24. The molecule has 140 valence electrons. The molecule has 1 aromatic heterocycles. The smallest absolute Gasteiger partial charge is 0.225 e. The maximum atomic E-state index is 12.4. The summed E-state index contributed by atoms with van der Waals surface area (Å²) >= 11 is 1.64. The fourth-order valence-corrected chi connectivity index (χ4v) is 3.68. The highest BCUT2D eigenvalue weighted by Crippen LogP contribution is 2.25. The lowest BCUT2D eigenvalue weighted by Crippen LogP contribution is -2.46. The first-order valence-corrected chi connectivity index (χ1v) is 9.78. The van der Waals surface area contributed by atoms with Gasteiger partial charge in [0.1, 0.15) is 0 Å². The molecule has 0 saturated carbocycles. The maximum Gasteiger partial charge on any atom is 0.225 e. The number of hydrogen-bond acceptors (Lipinski definition) is 5. The monoisotopic (exact) mass is 392 g/mol. The highest BCUT2D eigenvalue weighted by molar-refractivity contribution is 7.98. The standard InChI is InChI=1S/C19H24N4OS.ClH/c1-25-18-7-3-2-6-16(18)22-19(24)8-11-23-12-10-21-14-17(23)15-5-4-9-20-13-15;/h2-7,9,13,17,21H,8,10-12,14H2,1H3,(H,22,24);1H. The highest BCUT2D eigenvalue weighted by atomic mass is 35.5. The molecule has 0 bridgehead atoms. The molecule has 1 saturated heterocycles. The van der Waals surface area contributed by atoms with E-state index in [2.05, 4.69) is 26.6 Å². The molecule has 1 fully saturated rings. The average molecular weight is 393 g/mol. The van der Waals surface area contributed by atoms with Crippen molar-refractivity contribution in [2.24, 2.45) is 0 Å². The number of thioether (sulfide) groups is 1. The summed E-state index contributed by atoms with van der Waals surface area (Å²) in [6, 6.07) is 12.3. The Morgan fingerprint density at radius 3 is 2.96 bits per heavy atom. The number of nitrogens with one attached hydrogen (secondary N) is 2. The molecule has 0 spiro atoms. The predicted molar refractivity (Wildman–Crippen MR) is 110 cm³/mol. The van der Waals surface area contributed by atoms with Crippen LogP contribution in [0.5, 0.6) is 0 Å². The van der Waals surface area contributed by atoms with Gasteiger partial charge in [-0.05, 0) is 30.0 Å². The number of carbonyl (C=O) groups is 1. The Labute approximate surface area is 165 Å². The van der Waals surface area contributed by atoms with Gasteiger partial charge in [0.15, 0.2) is 0 Å². The van der Waals surface area contributed by atoms with Gasteiger partial charge in [0, 0.05) is 55.9 Å². The van der Waals surface area contributed by atoms with E-state index in [4.69, 9.17) is 0 Å². The van der Waals surface area contributed by atoms with E-state index >= 15 is 0 Å². The van der Waals surface area contributed by atoms with Crippen LogP contribution in [0, 0.1) is 0 Å². The van der Waals surface area contributed by atoms with Crippen LogP contribution in [0.15, 0.2) is 53.7 Å². The van der Waals surface area contributed by atoms with Crippen molar-refractivity contribution in [1.82, 2.24) is 15.2 Å². The number of nitrogens with zero attached hydrogens (tertiary/aromatic N) is 2. The van der Waals surface area contributed by atoms with Gasteiger partial charge in [-0.1, -0.05) is 18.2 Å². The third-order valence-corrected chi connectivity index (χ3v) is 5.23. The predicted octanol–water partition coefficient (Wildman–Crippen LogP) is 3.20. The van der Waals surface area contributed by atoms with Gasteiger partial charge >= 0.3 is 0 Å². The van der Waals surface area contributed by atoms with Gasteiger partial charge in [-0.25, -0.2) is 0 Å². The summed E-state index contributed by atoms with van der Waals surface area (Å²) in [7, 11) is 0. The zero-order valence-corrected chi connectivity index (χ0v) is 16.5. The molecule has 1 aliphatic heterocycles. The molecule has 26 heavy (non-hydrogen) atoms. The van der Waals surface area contributed by atoms with E-state index in [1.54, 1.807) is 18.0 Å². The van der Waals surface area contributed by atoms with Crippen molar-refractivity contribution in [3.63, 3.8) is 0 Å². The minimum atomic E-state index is 0. The molecule has 1 amide bonds. The van der Waals surface area contributed by atoms with Gasteiger partial charge in [0.25, 0.3) is 0 Å². The number of pyridine rings is 1. The molecule has 0 aliphatic carbocycles.